The second-order valence-corrected chi connectivity index (χ2v) is 5.12. The van der Waals surface area contributed by atoms with Crippen molar-refractivity contribution < 1.29 is 14.6 Å². The first-order chi connectivity index (χ1) is 10.1. The maximum absolute atomic E-state index is 10.4. The van der Waals surface area contributed by atoms with Gasteiger partial charge in [0.1, 0.15) is 11.5 Å². The Morgan fingerprint density at radius 3 is 2.71 bits per heavy atom. The van der Waals surface area contributed by atoms with Crippen LogP contribution in [0.3, 0.4) is 0 Å². The molecule has 2 aromatic carbocycles. The average molecular weight is 307 g/mol. The Labute approximate surface area is 130 Å². The lowest BCUT2D eigenvalue weighted by Crippen LogP contribution is -2.04. The fourth-order valence-electron chi connectivity index (χ4n) is 2.21. The number of benzene rings is 2. The van der Waals surface area contributed by atoms with Crippen molar-refractivity contribution in [3.63, 3.8) is 0 Å². The van der Waals surface area contributed by atoms with Crippen LogP contribution in [0, 0.1) is 0 Å². The normalized spacial score (nSPS) is 12.0. The molecule has 2 rings (SSSR count). The Balaban J connectivity index is 2.19. The van der Waals surface area contributed by atoms with Crippen LogP contribution < -0.4 is 9.47 Å². The summed E-state index contributed by atoms with van der Waals surface area (Å²) in [5.41, 5.74) is 1.68. The average Bonchev–Trinajstić information content (AvgIpc) is 2.48. The first-order valence-corrected chi connectivity index (χ1v) is 7.25. The highest BCUT2D eigenvalue weighted by Gasteiger charge is 2.13. The minimum atomic E-state index is -0.641. The molecule has 112 valence electrons. The quantitative estimate of drug-likeness (QED) is 0.876. The van der Waals surface area contributed by atoms with Gasteiger partial charge in [0.2, 0.25) is 0 Å². The second kappa shape index (κ2) is 7.34. The molecule has 1 unspecified atom stereocenters. The number of aliphatic hydroxyl groups is 1. The fourth-order valence-corrected chi connectivity index (χ4v) is 2.41. The standard InChI is InChI=1S/C17H19ClO3/c1-3-21-15-6-4-5-12(10-15)16(19)11-13-9-14(18)7-8-17(13)20-2/h4-10,16,19H,3,11H2,1-2H3. The zero-order chi connectivity index (χ0) is 15.2. The van der Waals surface area contributed by atoms with Gasteiger partial charge in [0.05, 0.1) is 19.8 Å². The summed E-state index contributed by atoms with van der Waals surface area (Å²) in [6, 6.07) is 12.9. The molecule has 0 saturated carbocycles. The van der Waals surface area contributed by atoms with Crippen LogP contribution in [0.25, 0.3) is 0 Å². The number of hydrogen-bond donors (Lipinski definition) is 1. The molecule has 3 nitrogen and oxygen atoms in total. The summed E-state index contributed by atoms with van der Waals surface area (Å²) >= 11 is 6.01. The molecule has 0 spiro atoms. The number of aliphatic hydroxyl groups excluding tert-OH is 1. The van der Waals surface area contributed by atoms with Crippen molar-refractivity contribution in [2.24, 2.45) is 0 Å². The number of rotatable bonds is 6. The zero-order valence-electron chi connectivity index (χ0n) is 12.2. The number of halogens is 1. The van der Waals surface area contributed by atoms with Crippen LogP contribution in [0.5, 0.6) is 11.5 Å². The van der Waals surface area contributed by atoms with Crippen LogP contribution in [0.1, 0.15) is 24.2 Å². The van der Waals surface area contributed by atoms with Gasteiger partial charge in [-0.15, -0.1) is 0 Å². The summed E-state index contributed by atoms with van der Waals surface area (Å²) in [6.07, 6.45) is -0.211. The van der Waals surface area contributed by atoms with E-state index in [1.54, 1.807) is 19.2 Å². The van der Waals surface area contributed by atoms with E-state index < -0.39 is 6.10 Å². The van der Waals surface area contributed by atoms with Crippen molar-refractivity contribution in [1.82, 2.24) is 0 Å². The lowest BCUT2D eigenvalue weighted by Gasteiger charge is -2.15. The van der Waals surface area contributed by atoms with E-state index in [0.717, 1.165) is 22.6 Å². The third-order valence-corrected chi connectivity index (χ3v) is 3.44. The molecule has 4 heteroatoms. The van der Waals surface area contributed by atoms with Gasteiger partial charge >= 0.3 is 0 Å². The molecule has 0 aliphatic heterocycles. The van der Waals surface area contributed by atoms with Gasteiger partial charge in [0.15, 0.2) is 0 Å². The lowest BCUT2D eigenvalue weighted by molar-refractivity contribution is 0.176. The van der Waals surface area contributed by atoms with Crippen molar-refractivity contribution in [3.8, 4) is 11.5 Å². The van der Waals surface area contributed by atoms with Crippen LogP contribution in [-0.2, 0) is 6.42 Å². The van der Waals surface area contributed by atoms with Crippen molar-refractivity contribution in [2.45, 2.75) is 19.4 Å². The first kappa shape index (κ1) is 15.7. The zero-order valence-corrected chi connectivity index (χ0v) is 12.9. The summed E-state index contributed by atoms with van der Waals surface area (Å²) in [5, 5.41) is 11.0. The number of hydrogen-bond acceptors (Lipinski definition) is 3. The smallest absolute Gasteiger partial charge is 0.122 e. The SMILES string of the molecule is CCOc1cccc(C(O)Cc2cc(Cl)ccc2OC)c1. The van der Waals surface area contributed by atoms with Gasteiger partial charge in [-0.25, -0.2) is 0 Å². The molecule has 0 bridgehead atoms. The van der Waals surface area contributed by atoms with Crippen LogP contribution in [-0.4, -0.2) is 18.8 Å². The molecule has 1 atom stereocenters. The van der Waals surface area contributed by atoms with Crippen molar-refractivity contribution >= 4 is 11.6 Å². The molecule has 0 saturated heterocycles. The molecule has 2 aromatic rings. The van der Waals surface area contributed by atoms with Gasteiger partial charge in [0.25, 0.3) is 0 Å². The summed E-state index contributed by atoms with van der Waals surface area (Å²) in [4.78, 5) is 0. The molecule has 0 amide bonds. The summed E-state index contributed by atoms with van der Waals surface area (Å²) in [7, 11) is 1.61. The number of ether oxygens (including phenoxy) is 2. The molecule has 0 aliphatic carbocycles. The minimum absolute atomic E-state index is 0.430. The van der Waals surface area contributed by atoms with Gasteiger partial charge in [0, 0.05) is 11.4 Å². The van der Waals surface area contributed by atoms with Crippen molar-refractivity contribution in [1.29, 1.82) is 0 Å². The molecular weight excluding hydrogens is 288 g/mol. The highest BCUT2D eigenvalue weighted by Crippen LogP contribution is 2.28. The molecule has 0 aromatic heterocycles. The highest BCUT2D eigenvalue weighted by atomic mass is 35.5. The second-order valence-electron chi connectivity index (χ2n) is 4.68. The molecule has 0 heterocycles. The third-order valence-electron chi connectivity index (χ3n) is 3.21. The molecule has 0 aliphatic rings. The predicted octanol–water partition coefficient (Wildman–Crippen LogP) is 4.02. The number of methoxy groups -OCH3 is 1. The van der Waals surface area contributed by atoms with E-state index >= 15 is 0 Å². The van der Waals surface area contributed by atoms with Gasteiger partial charge in [-0.2, -0.15) is 0 Å². The van der Waals surface area contributed by atoms with Crippen LogP contribution >= 0.6 is 11.6 Å². The molecule has 1 N–H and O–H groups in total. The van der Waals surface area contributed by atoms with E-state index in [1.165, 1.54) is 0 Å². The predicted molar refractivity (Wildman–Crippen MR) is 84.3 cm³/mol. The molecular formula is C17H19ClO3. The van der Waals surface area contributed by atoms with Gasteiger partial charge in [-0.05, 0) is 48.4 Å². The van der Waals surface area contributed by atoms with E-state index in [4.69, 9.17) is 21.1 Å². The summed E-state index contributed by atoms with van der Waals surface area (Å²) in [6.45, 7) is 2.53. The maximum Gasteiger partial charge on any atom is 0.122 e. The Bertz CT molecular complexity index is 598. The van der Waals surface area contributed by atoms with Crippen LogP contribution in [0.15, 0.2) is 42.5 Å². The van der Waals surface area contributed by atoms with Gasteiger partial charge in [-0.1, -0.05) is 23.7 Å². The van der Waals surface area contributed by atoms with Crippen LogP contribution in [0.4, 0.5) is 0 Å². The van der Waals surface area contributed by atoms with E-state index in [1.807, 2.05) is 37.3 Å². The topological polar surface area (TPSA) is 38.7 Å². The van der Waals surface area contributed by atoms with E-state index in [2.05, 4.69) is 0 Å². The van der Waals surface area contributed by atoms with E-state index in [9.17, 15) is 5.11 Å². The third kappa shape index (κ3) is 4.13. The van der Waals surface area contributed by atoms with Crippen molar-refractivity contribution in [2.75, 3.05) is 13.7 Å². The molecule has 0 radical (unpaired) electrons. The van der Waals surface area contributed by atoms with E-state index in [-0.39, 0.29) is 0 Å². The molecule has 0 fully saturated rings. The first-order valence-electron chi connectivity index (χ1n) is 6.87. The lowest BCUT2D eigenvalue weighted by atomic mass is 10.0. The summed E-state index contributed by atoms with van der Waals surface area (Å²) in [5.74, 6) is 1.48. The van der Waals surface area contributed by atoms with Crippen LogP contribution in [0.2, 0.25) is 5.02 Å². The van der Waals surface area contributed by atoms with Gasteiger partial charge in [-0.3, -0.25) is 0 Å². The summed E-state index contributed by atoms with van der Waals surface area (Å²) < 4.78 is 10.8. The van der Waals surface area contributed by atoms with Gasteiger partial charge < -0.3 is 14.6 Å². The monoisotopic (exact) mass is 306 g/mol. The Hall–Kier alpha value is -1.71. The highest BCUT2D eigenvalue weighted by molar-refractivity contribution is 6.30. The Kier molecular flexibility index (Phi) is 5.48. The fraction of sp³-hybridized carbons (Fsp3) is 0.294. The molecule has 21 heavy (non-hydrogen) atoms. The largest absolute Gasteiger partial charge is 0.496 e. The Morgan fingerprint density at radius 1 is 1.19 bits per heavy atom. The minimum Gasteiger partial charge on any atom is -0.496 e. The van der Waals surface area contributed by atoms with Crippen molar-refractivity contribution in [3.05, 3.63) is 58.6 Å². The van der Waals surface area contributed by atoms with E-state index in [0.29, 0.717) is 18.1 Å². The Morgan fingerprint density at radius 2 is 2.00 bits per heavy atom. The maximum atomic E-state index is 10.4.